The summed E-state index contributed by atoms with van der Waals surface area (Å²) in [6.07, 6.45) is -0.378. The minimum Gasteiger partial charge on any atom is -0.466 e. The molecule has 1 heterocycles. The van der Waals surface area contributed by atoms with Gasteiger partial charge in [-0.15, -0.1) is 0 Å². The normalized spacial score (nSPS) is 10.0. The molecule has 0 atom stereocenters. The van der Waals surface area contributed by atoms with E-state index in [1.807, 2.05) is 0 Å². The van der Waals surface area contributed by atoms with Crippen molar-refractivity contribution in [2.24, 2.45) is 0 Å². The lowest BCUT2D eigenvalue weighted by Crippen LogP contribution is -2.13. The molecule has 0 bridgehead atoms. The van der Waals surface area contributed by atoms with Gasteiger partial charge in [0, 0.05) is 0 Å². The van der Waals surface area contributed by atoms with Crippen molar-refractivity contribution in [1.29, 1.82) is 0 Å². The number of nitrogen functional groups attached to an aromatic ring is 1. The summed E-state index contributed by atoms with van der Waals surface area (Å²) < 4.78 is 4.65. The number of nitrogens with zero attached hydrogens (tertiary/aromatic N) is 3. The molecule has 0 unspecified atom stereocenters. The van der Waals surface area contributed by atoms with Gasteiger partial charge < -0.3 is 10.5 Å². The van der Waals surface area contributed by atoms with Crippen LogP contribution in [-0.2, 0) is 16.0 Å². The van der Waals surface area contributed by atoms with E-state index in [0.717, 1.165) is 0 Å². The first-order chi connectivity index (χ1) is 7.95. The lowest BCUT2D eigenvalue weighted by molar-refractivity contribution is -0.385. The van der Waals surface area contributed by atoms with Crippen LogP contribution < -0.4 is 5.73 Å². The number of hydrogen-bond donors (Lipinski definition) is 1. The van der Waals surface area contributed by atoms with Crippen LogP contribution in [0.1, 0.15) is 12.6 Å². The zero-order valence-electron chi connectivity index (χ0n) is 8.84. The summed E-state index contributed by atoms with van der Waals surface area (Å²) >= 11 is 5.51. The lowest BCUT2D eigenvalue weighted by atomic mass is 10.2. The second-order valence-corrected chi connectivity index (χ2v) is 3.25. The minimum atomic E-state index is -0.764. The summed E-state index contributed by atoms with van der Waals surface area (Å²) in [4.78, 5) is 28.3. The fourth-order valence-corrected chi connectivity index (χ4v) is 1.35. The highest BCUT2D eigenvalue weighted by atomic mass is 35.5. The quantitative estimate of drug-likeness (QED) is 0.366. The van der Waals surface area contributed by atoms with Crippen LogP contribution >= 0.6 is 11.6 Å². The molecule has 0 fully saturated rings. The molecule has 0 spiro atoms. The Morgan fingerprint density at radius 1 is 1.59 bits per heavy atom. The van der Waals surface area contributed by atoms with Gasteiger partial charge in [-0.1, -0.05) is 0 Å². The van der Waals surface area contributed by atoms with Gasteiger partial charge in [0.05, 0.1) is 18.0 Å². The Hall–Kier alpha value is -1.96. The number of carbonyl (C=O) groups excluding carboxylic acids is 1. The second-order valence-electron chi connectivity index (χ2n) is 2.91. The van der Waals surface area contributed by atoms with Crippen molar-refractivity contribution < 1.29 is 14.5 Å². The van der Waals surface area contributed by atoms with Crippen molar-refractivity contribution in [3.05, 3.63) is 21.1 Å². The Balaban J connectivity index is 3.12. The summed E-state index contributed by atoms with van der Waals surface area (Å²) in [7, 11) is 0. The first-order valence-corrected chi connectivity index (χ1v) is 4.95. The lowest BCUT2D eigenvalue weighted by Gasteiger charge is -2.04. The van der Waals surface area contributed by atoms with Gasteiger partial charge in [-0.25, -0.2) is 4.98 Å². The Kier molecular flexibility index (Phi) is 4.16. The monoisotopic (exact) mass is 260 g/mol. The number of nitrogens with two attached hydrogens (primary N) is 1. The zero-order valence-corrected chi connectivity index (χ0v) is 9.60. The number of carbonyl (C=O) groups is 1. The van der Waals surface area contributed by atoms with E-state index < -0.39 is 16.6 Å². The van der Waals surface area contributed by atoms with Crippen LogP contribution in [0.25, 0.3) is 0 Å². The van der Waals surface area contributed by atoms with Crippen LogP contribution in [0.5, 0.6) is 0 Å². The third kappa shape index (κ3) is 3.25. The number of nitro groups is 1. The van der Waals surface area contributed by atoms with Crippen molar-refractivity contribution in [1.82, 2.24) is 9.97 Å². The fourth-order valence-electron chi connectivity index (χ4n) is 1.16. The van der Waals surface area contributed by atoms with Gasteiger partial charge >= 0.3 is 11.7 Å². The molecule has 2 N–H and O–H groups in total. The van der Waals surface area contributed by atoms with E-state index >= 15 is 0 Å². The molecular weight excluding hydrogens is 252 g/mol. The Bertz CT molecular complexity index is 465. The molecule has 0 aromatic carbocycles. The van der Waals surface area contributed by atoms with Gasteiger partial charge in [-0.05, 0) is 18.5 Å². The van der Waals surface area contributed by atoms with Crippen LogP contribution in [-0.4, -0.2) is 27.5 Å². The Morgan fingerprint density at radius 3 is 2.76 bits per heavy atom. The fraction of sp³-hybridized carbons (Fsp3) is 0.375. The maximum Gasteiger partial charge on any atom is 0.333 e. The minimum absolute atomic E-state index is 0.161. The number of hydrogen-bond acceptors (Lipinski definition) is 7. The van der Waals surface area contributed by atoms with E-state index in [9.17, 15) is 14.9 Å². The van der Waals surface area contributed by atoms with Crippen molar-refractivity contribution in [3.63, 3.8) is 0 Å². The van der Waals surface area contributed by atoms with E-state index in [2.05, 4.69) is 14.7 Å². The van der Waals surface area contributed by atoms with Crippen LogP contribution in [0.3, 0.4) is 0 Å². The maximum atomic E-state index is 11.2. The smallest absolute Gasteiger partial charge is 0.333 e. The largest absolute Gasteiger partial charge is 0.466 e. The van der Waals surface area contributed by atoms with Crippen molar-refractivity contribution in [2.45, 2.75) is 13.3 Å². The van der Waals surface area contributed by atoms with E-state index in [-0.39, 0.29) is 29.8 Å². The molecule has 0 amide bonds. The number of rotatable bonds is 4. The first-order valence-electron chi connectivity index (χ1n) is 4.57. The van der Waals surface area contributed by atoms with Gasteiger partial charge in [0.2, 0.25) is 11.1 Å². The van der Waals surface area contributed by atoms with Crippen LogP contribution in [0.4, 0.5) is 11.5 Å². The topological polar surface area (TPSA) is 121 Å². The van der Waals surface area contributed by atoms with Gasteiger partial charge in [-0.3, -0.25) is 14.9 Å². The molecule has 0 saturated heterocycles. The summed E-state index contributed by atoms with van der Waals surface area (Å²) in [5.41, 5.74) is 4.66. The van der Waals surface area contributed by atoms with Crippen molar-refractivity contribution in [2.75, 3.05) is 12.3 Å². The first kappa shape index (κ1) is 13.1. The average molecular weight is 261 g/mol. The molecule has 17 heavy (non-hydrogen) atoms. The summed E-state index contributed by atoms with van der Waals surface area (Å²) in [5.74, 6) is -1.03. The molecule has 0 aliphatic heterocycles. The Labute approximate surface area is 101 Å². The molecule has 92 valence electrons. The molecule has 8 nitrogen and oxygen atoms in total. The molecule has 0 radical (unpaired) electrons. The van der Waals surface area contributed by atoms with E-state index in [1.165, 1.54) is 0 Å². The zero-order chi connectivity index (χ0) is 13.0. The summed E-state index contributed by atoms with van der Waals surface area (Å²) in [6.45, 7) is 1.79. The number of esters is 1. The third-order valence-electron chi connectivity index (χ3n) is 1.76. The van der Waals surface area contributed by atoms with Crippen LogP contribution in [0.15, 0.2) is 0 Å². The number of anilines is 1. The molecule has 0 saturated carbocycles. The number of ether oxygens (including phenoxy) is 1. The predicted octanol–water partition coefficient (Wildman–Crippen LogP) is 0.726. The van der Waals surface area contributed by atoms with Crippen molar-refractivity contribution >= 4 is 29.1 Å². The molecule has 1 aromatic rings. The maximum absolute atomic E-state index is 11.2. The highest BCUT2D eigenvalue weighted by Gasteiger charge is 2.24. The molecule has 1 aromatic heterocycles. The summed E-state index contributed by atoms with van der Waals surface area (Å²) in [5, 5.41) is 10.5. The van der Waals surface area contributed by atoms with E-state index in [0.29, 0.717) is 0 Å². The van der Waals surface area contributed by atoms with Gasteiger partial charge in [0.25, 0.3) is 0 Å². The molecule has 1 rings (SSSR count). The molecule has 9 heteroatoms. The Morgan fingerprint density at radius 2 is 2.24 bits per heavy atom. The standard InChI is InChI=1S/C8H9ClN4O4/c1-2-17-5(14)3-4-6(13(15)16)7(10)12-8(9)11-4/h2-3H2,1H3,(H2,10,11,12). The van der Waals surface area contributed by atoms with Gasteiger partial charge in [0.15, 0.2) is 0 Å². The SMILES string of the molecule is CCOC(=O)Cc1nc(Cl)nc(N)c1[N+](=O)[O-]. The second kappa shape index (κ2) is 5.39. The number of halogens is 1. The van der Waals surface area contributed by atoms with Crippen molar-refractivity contribution in [3.8, 4) is 0 Å². The molecule has 0 aliphatic rings. The number of aromatic nitrogens is 2. The average Bonchev–Trinajstić information content (AvgIpc) is 2.15. The van der Waals surface area contributed by atoms with E-state index in [1.54, 1.807) is 6.92 Å². The summed E-state index contributed by atoms with van der Waals surface area (Å²) in [6, 6.07) is 0. The molecule has 0 aliphatic carbocycles. The molecular formula is C8H9ClN4O4. The van der Waals surface area contributed by atoms with E-state index in [4.69, 9.17) is 17.3 Å². The highest BCUT2D eigenvalue weighted by Crippen LogP contribution is 2.25. The van der Waals surface area contributed by atoms with Gasteiger partial charge in [-0.2, -0.15) is 4.98 Å². The highest BCUT2D eigenvalue weighted by molar-refractivity contribution is 6.28. The third-order valence-corrected chi connectivity index (χ3v) is 1.92. The predicted molar refractivity (Wildman–Crippen MR) is 58.4 cm³/mol. The van der Waals surface area contributed by atoms with Gasteiger partial charge in [0.1, 0.15) is 5.69 Å². The van der Waals surface area contributed by atoms with Crippen LogP contribution in [0.2, 0.25) is 5.28 Å². The van der Waals surface area contributed by atoms with Crippen LogP contribution in [0, 0.1) is 10.1 Å².